The average Bonchev–Trinajstić information content (AvgIpc) is 2.19. The standard InChI is InChI=1S/C10H15N3O/c1-3-12-10(14)13-8(2)9-4-6-11-7-5-9/h4-8H,3H2,1-2H3,(H2,12,13,14). The van der Waals surface area contributed by atoms with Crippen molar-refractivity contribution in [3.8, 4) is 0 Å². The topological polar surface area (TPSA) is 54.0 Å². The molecule has 0 fully saturated rings. The van der Waals surface area contributed by atoms with E-state index in [4.69, 9.17) is 0 Å². The summed E-state index contributed by atoms with van der Waals surface area (Å²) in [7, 11) is 0. The minimum absolute atomic E-state index is 0.00421. The molecule has 1 aromatic rings. The Bertz CT molecular complexity index is 287. The lowest BCUT2D eigenvalue weighted by atomic mass is 10.1. The molecule has 1 heterocycles. The summed E-state index contributed by atoms with van der Waals surface area (Å²) in [5.74, 6) is 0. The highest BCUT2D eigenvalue weighted by Gasteiger charge is 2.07. The number of amides is 2. The van der Waals surface area contributed by atoms with Crippen molar-refractivity contribution < 1.29 is 4.79 Å². The van der Waals surface area contributed by atoms with Crippen LogP contribution in [0.15, 0.2) is 24.5 Å². The third-order valence-electron chi connectivity index (χ3n) is 1.89. The Morgan fingerprint density at radius 1 is 1.50 bits per heavy atom. The molecule has 0 radical (unpaired) electrons. The molecule has 1 rings (SSSR count). The summed E-state index contributed by atoms with van der Waals surface area (Å²) >= 11 is 0. The molecule has 0 aromatic carbocycles. The van der Waals surface area contributed by atoms with Gasteiger partial charge >= 0.3 is 6.03 Å². The van der Waals surface area contributed by atoms with E-state index in [-0.39, 0.29) is 12.1 Å². The van der Waals surface area contributed by atoms with Crippen LogP contribution in [0.2, 0.25) is 0 Å². The van der Waals surface area contributed by atoms with Gasteiger partial charge in [-0.3, -0.25) is 4.98 Å². The summed E-state index contributed by atoms with van der Waals surface area (Å²) in [5, 5.41) is 5.50. The molecule has 0 saturated heterocycles. The SMILES string of the molecule is CCNC(=O)NC(C)c1ccncc1. The van der Waals surface area contributed by atoms with Gasteiger partial charge in [0.05, 0.1) is 6.04 Å². The number of hydrogen-bond donors (Lipinski definition) is 2. The molecule has 4 heteroatoms. The third kappa shape index (κ3) is 3.05. The van der Waals surface area contributed by atoms with E-state index in [9.17, 15) is 4.79 Å². The quantitative estimate of drug-likeness (QED) is 0.763. The summed E-state index contributed by atoms with van der Waals surface area (Å²) in [4.78, 5) is 15.1. The molecule has 0 aliphatic carbocycles. The fourth-order valence-electron chi connectivity index (χ4n) is 1.14. The molecular formula is C10H15N3O. The van der Waals surface area contributed by atoms with Gasteiger partial charge in [-0.1, -0.05) is 0 Å². The van der Waals surface area contributed by atoms with Crippen LogP contribution in [0.3, 0.4) is 0 Å². The van der Waals surface area contributed by atoms with Crippen molar-refractivity contribution in [3.05, 3.63) is 30.1 Å². The summed E-state index contributed by atoms with van der Waals surface area (Å²) in [6.07, 6.45) is 3.43. The molecule has 0 saturated carbocycles. The molecule has 1 atom stereocenters. The van der Waals surface area contributed by atoms with Crippen LogP contribution in [0, 0.1) is 0 Å². The van der Waals surface area contributed by atoms with Crippen molar-refractivity contribution in [3.63, 3.8) is 0 Å². The number of urea groups is 1. The van der Waals surface area contributed by atoms with Gasteiger partial charge in [-0.2, -0.15) is 0 Å². The number of hydrogen-bond acceptors (Lipinski definition) is 2. The highest BCUT2D eigenvalue weighted by atomic mass is 16.2. The fourth-order valence-corrected chi connectivity index (χ4v) is 1.14. The summed E-state index contributed by atoms with van der Waals surface area (Å²) < 4.78 is 0. The normalized spacial score (nSPS) is 11.9. The first kappa shape index (κ1) is 10.5. The van der Waals surface area contributed by atoms with Crippen molar-refractivity contribution in [2.24, 2.45) is 0 Å². The van der Waals surface area contributed by atoms with Crippen LogP contribution in [0.25, 0.3) is 0 Å². The van der Waals surface area contributed by atoms with E-state index in [1.54, 1.807) is 12.4 Å². The summed E-state index contributed by atoms with van der Waals surface area (Å²) in [6, 6.07) is 3.63. The third-order valence-corrected chi connectivity index (χ3v) is 1.89. The first-order chi connectivity index (χ1) is 6.74. The Morgan fingerprint density at radius 3 is 2.71 bits per heavy atom. The van der Waals surface area contributed by atoms with Gasteiger partial charge in [0.25, 0.3) is 0 Å². The number of rotatable bonds is 3. The number of pyridine rings is 1. The van der Waals surface area contributed by atoms with Gasteiger partial charge in [-0.15, -0.1) is 0 Å². The molecule has 76 valence electrons. The zero-order valence-corrected chi connectivity index (χ0v) is 8.45. The summed E-state index contributed by atoms with van der Waals surface area (Å²) in [5.41, 5.74) is 1.05. The second kappa shape index (κ2) is 5.21. The maximum Gasteiger partial charge on any atom is 0.315 e. The zero-order valence-electron chi connectivity index (χ0n) is 8.45. The van der Waals surface area contributed by atoms with Gasteiger partial charge in [0, 0.05) is 18.9 Å². The van der Waals surface area contributed by atoms with Crippen LogP contribution < -0.4 is 10.6 Å². The van der Waals surface area contributed by atoms with Gasteiger partial charge in [0.15, 0.2) is 0 Å². The number of carbonyl (C=O) groups excluding carboxylic acids is 1. The second-order valence-corrected chi connectivity index (χ2v) is 3.01. The van der Waals surface area contributed by atoms with Gasteiger partial charge < -0.3 is 10.6 Å². The van der Waals surface area contributed by atoms with Gasteiger partial charge in [-0.05, 0) is 31.5 Å². The second-order valence-electron chi connectivity index (χ2n) is 3.01. The van der Waals surface area contributed by atoms with Crippen molar-refractivity contribution in [2.75, 3.05) is 6.54 Å². The number of nitrogens with one attached hydrogen (secondary N) is 2. The first-order valence-corrected chi connectivity index (χ1v) is 4.68. The minimum Gasteiger partial charge on any atom is -0.338 e. The number of carbonyl (C=O) groups is 1. The van der Waals surface area contributed by atoms with Crippen LogP contribution in [-0.2, 0) is 0 Å². The molecule has 0 spiro atoms. The smallest absolute Gasteiger partial charge is 0.315 e. The summed E-state index contributed by atoms with van der Waals surface area (Å²) in [6.45, 7) is 4.45. The van der Waals surface area contributed by atoms with Crippen molar-refractivity contribution >= 4 is 6.03 Å². The van der Waals surface area contributed by atoms with Crippen LogP contribution >= 0.6 is 0 Å². The molecule has 14 heavy (non-hydrogen) atoms. The Morgan fingerprint density at radius 2 is 2.14 bits per heavy atom. The van der Waals surface area contributed by atoms with Crippen LogP contribution in [0.1, 0.15) is 25.5 Å². The van der Waals surface area contributed by atoms with Crippen molar-refractivity contribution in [1.29, 1.82) is 0 Å². The highest BCUT2D eigenvalue weighted by molar-refractivity contribution is 5.74. The van der Waals surface area contributed by atoms with Crippen molar-refractivity contribution in [2.45, 2.75) is 19.9 Å². The van der Waals surface area contributed by atoms with Gasteiger partial charge in [0.2, 0.25) is 0 Å². The van der Waals surface area contributed by atoms with Crippen LogP contribution in [-0.4, -0.2) is 17.6 Å². The average molecular weight is 193 g/mol. The minimum atomic E-state index is -0.142. The van der Waals surface area contributed by atoms with E-state index in [1.807, 2.05) is 26.0 Å². The molecule has 1 unspecified atom stereocenters. The lowest BCUT2D eigenvalue weighted by Gasteiger charge is -2.13. The Hall–Kier alpha value is -1.58. The molecular weight excluding hydrogens is 178 g/mol. The molecule has 0 aliphatic rings. The van der Waals surface area contributed by atoms with Crippen LogP contribution in [0.5, 0.6) is 0 Å². The number of nitrogens with zero attached hydrogens (tertiary/aromatic N) is 1. The highest BCUT2D eigenvalue weighted by Crippen LogP contribution is 2.09. The monoisotopic (exact) mass is 193 g/mol. The van der Waals surface area contributed by atoms with E-state index in [0.29, 0.717) is 6.54 Å². The largest absolute Gasteiger partial charge is 0.338 e. The number of aromatic nitrogens is 1. The maximum absolute atomic E-state index is 11.2. The maximum atomic E-state index is 11.2. The molecule has 0 bridgehead atoms. The molecule has 2 amide bonds. The van der Waals surface area contributed by atoms with E-state index < -0.39 is 0 Å². The predicted molar refractivity (Wildman–Crippen MR) is 54.9 cm³/mol. The lowest BCUT2D eigenvalue weighted by Crippen LogP contribution is -2.36. The fraction of sp³-hybridized carbons (Fsp3) is 0.400. The zero-order chi connectivity index (χ0) is 10.4. The van der Waals surface area contributed by atoms with Crippen molar-refractivity contribution in [1.82, 2.24) is 15.6 Å². The van der Waals surface area contributed by atoms with Gasteiger partial charge in [-0.25, -0.2) is 4.79 Å². The van der Waals surface area contributed by atoms with E-state index in [0.717, 1.165) is 5.56 Å². The molecule has 4 nitrogen and oxygen atoms in total. The van der Waals surface area contributed by atoms with E-state index in [1.165, 1.54) is 0 Å². The Balaban J connectivity index is 2.50. The van der Waals surface area contributed by atoms with Gasteiger partial charge in [0.1, 0.15) is 0 Å². The Labute approximate surface area is 83.7 Å². The first-order valence-electron chi connectivity index (χ1n) is 4.68. The lowest BCUT2D eigenvalue weighted by molar-refractivity contribution is 0.238. The predicted octanol–water partition coefficient (Wildman–Crippen LogP) is 1.46. The van der Waals surface area contributed by atoms with E-state index in [2.05, 4.69) is 15.6 Å². The molecule has 0 aliphatic heterocycles. The molecule has 1 aromatic heterocycles. The Kier molecular flexibility index (Phi) is 3.91. The van der Waals surface area contributed by atoms with E-state index >= 15 is 0 Å². The molecule has 2 N–H and O–H groups in total. The van der Waals surface area contributed by atoms with Crippen LogP contribution in [0.4, 0.5) is 4.79 Å².